The van der Waals surface area contributed by atoms with Gasteiger partial charge in [-0.2, -0.15) is 0 Å². The van der Waals surface area contributed by atoms with Crippen molar-refractivity contribution >= 4 is 5.91 Å². The molecular formula is C19H23NO2. The van der Waals surface area contributed by atoms with Gasteiger partial charge in [-0.05, 0) is 43.5 Å². The number of carbonyl (C=O) groups excluding carboxylic acids is 1. The lowest BCUT2D eigenvalue weighted by Gasteiger charge is -2.10. The predicted octanol–water partition coefficient (Wildman–Crippen LogP) is 3.35. The molecule has 116 valence electrons. The Kier molecular flexibility index (Phi) is 5.59. The van der Waals surface area contributed by atoms with Crippen LogP contribution in [0.1, 0.15) is 22.3 Å². The number of ether oxygens (including phenoxy) is 1. The first-order chi connectivity index (χ1) is 10.6. The quantitative estimate of drug-likeness (QED) is 0.830. The molecule has 0 aliphatic rings. The number of carbonyl (C=O) groups is 1. The molecule has 22 heavy (non-hydrogen) atoms. The van der Waals surface area contributed by atoms with Crippen molar-refractivity contribution in [3.05, 3.63) is 64.7 Å². The number of para-hydroxylation sites is 1. The minimum absolute atomic E-state index is 0.0297. The zero-order chi connectivity index (χ0) is 15.9. The summed E-state index contributed by atoms with van der Waals surface area (Å²) < 4.78 is 5.67. The molecule has 0 aliphatic heterocycles. The van der Waals surface area contributed by atoms with Gasteiger partial charge in [0.1, 0.15) is 12.4 Å². The van der Waals surface area contributed by atoms with Gasteiger partial charge in [0.05, 0.1) is 13.0 Å². The van der Waals surface area contributed by atoms with Crippen molar-refractivity contribution in [2.75, 3.05) is 13.2 Å². The molecule has 0 unspecified atom stereocenters. The van der Waals surface area contributed by atoms with Crippen molar-refractivity contribution in [3.63, 3.8) is 0 Å². The Labute approximate surface area is 132 Å². The number of amides is 1. The van der Waals surface area contributed by atoms with Gasteiger partial charge in [0.15, 0.2) is 0 Å². The Morgan fingerprint density at radius 1 is 1.05 bits per heavy atom. The van der Waals surface area contributed by atoms with Crippen molar-refractivity contribution in [1.82, 2.24) is 5.32 Å². The van der Waals surface area contributed by atoms with E-state index in [-0.39, 0.29) is 5.91 Å². The number of benzene rings is 2. The summed E-state index contributed by atoms with van der Waals surface area (Å²) in [5.74, 6) is 0.897. The van der Waals surface area contributed by atoms with Crippen LogP contribution in [0.2, 0.25) is 0 Å². The summed E-state index contributed by atoms with van der Waals surface area (Å²) in [6.07, 6.45) is 0.415. The second kappa shape index (κ2) is 7.64. The molecular weight excluding hydrogens is 274 g/mol. The van der Waals surface area contributed by atoms with Gasteiger partial charge in [0, 0.05) is 0 Å². The Balaban J connectivity index is 1.76. The lowest BCUT2D eigenvalue weighted by molar-refractivity contribution is -0.120. The molecule has 1 amide bonds. The summed E-state index contributed by atoms with van der Waals surface area (Å²) >= 11 is 0. The van der Waals surface area contributed by atoms with E-state index >= 15 is 0 Å². The molecule has 1 N–H and O–H groups in total. The van der Waals surface area contributed by atoms with E-state index in [2.05, 4.69) is 23.5 Å². The molecule has 0 heterocycles. The molecule has 2 aromatic carbocycles. The molecule has 0 aliphatic carbocycles. The highest BCUT2D eigenvalue weighted by molar-refractivity contribution is 5.78. The van der Waals surface area contributed by atoms with Crippen LogP contribution in [0.5, 0.6) is 5.75 Å². The summed E-state index contributed by atoms with van der Waals surface area (Å²) in [5.41, 5.74) is 4.51. The molecule has 3 nitrogen and oxygen atoms in total. The zero-order valence-corrected chi connectivity index (χ0v) is 13.5. The molecule has 0 aromatic heterocycles. The number of aryl methyl sites for hydroxylation is 3. The normalized spacial score (nSPS) is 10.3. The Hall–Kier alpha value is -2.29. The summed E-state index contributed by atoms with van der Waals surface area (Å²) in [5, 5.41) is 2.90. The molecule has 0 fully saturated rings. The fraction of sp³-hybridized carbons (Fsp3) is 0.316. The maximum atomic E-state index is 12.0. The highest BCUT2D eigenvalue weighted by Gasteiger charge is 2.06. The first-order valence-electron chi connectivity index (χ1n) is 7.57. The van der Waals surface area contributed by atoms with Crippen LogP contribution in [0.15, 0.2) is 42.5 Å². The van der Waals surface area contributed by atoms with E-state index in [1.54, 1.807) is 0 Å². The summed E-state index contributed by atoms with van der Waals surface area (Å²) in [6.45, 7) is 7.07. The second-order valence-corrected chi connectivity index (χ2v) is 5.57. The standard InChI is InChI=1S/C19H23NO2/c1-14-8-9-15(2)17(12-14)13-19(21)20-10-11-22-18-7-5-4-6-16(18)3/h4-9,12H,10-11,13H2,1-3H3,(H,20,21). The van der Waals surface area contributed by atoms with E-state index in [1.807, 2.05) is 45.0 Å². The summed E-state index contributed by atoms with van der Waals surface area (Å²) in [7, 11) is 0. The van der Waals surface area contributed by atoms with E-state index < -0.39 is 0 Å². The lowest BCUT2D eigenvalue weighted by atomic mass is 10.0. The second-order valence-electron chi connectivity index (χ2n) is 5.57. The predicted molar refractivity (Wildman–Crippen MR) is 89.3 cm³/mol. The number of hydrogen-bond donors (Lipinski definition) is 1. The molecule has 0 saturated carbocycles. The smallest absolute Gasteiger partial charge is 0.224 e. The third-order valence-electron chi connectivity index (χ3n) is 3.63. The van der Waals surface area contributed by atoms with Crippen molar-refractivity contribution in [2.45, 2.75) is 27.2 Å². The van der Waals surface area contributed by atoms with Gasteiger partial charge < -0.3 is 10.1 Å². The van der Waals surface area contributed by atoms with Crippen LogP contribution in [-0.2, 0) is 11.2 Å². The first-order valence-corrected chi connectivity index (χ1v) is 7.57. The van der Waals surface area contributed by atoms with Gasteiger partial charge in [-0.1, -0.05) is 42.0 Å². The lowest BCUT2D eigenvalue weighted by Crippen LogP contribution is -2.29. The van der Waals surface area contributed by atoms with E-state index in [0.717, 1.165) is 22.4 Å². The van der Waals surface area contributed by atoms with Gasteiger partial charge in [-0.25, -0.2) is 0 Å². The van der Waals surface area contributed by atoms with Crippen LogP contribution in [0.3, 0.4) is 0 Å². The fourth-order valence-electron chi connectivity index (χ4n) is 2.30. The molecule has 2 aromatic rings. The van der Waals surface area contributed by atoms with Gasteiger partial charge in [0.2, 0.25) is 5.91 Å². The molecule has 0 saturated heterocycles. The molecule has 3 heteroatoms. The maximum Gasteiger partial charge on any atom is 0.224 e. The highest BCUT2D eigenvalue weighted by atomic mass is 16.5. The fourth-order valence-corrected chi connectivity index (χ4v) is 2.30. The SMILES string of the molecule is Cc1ccc(C)c(CC(=O)NCCOc2ccccc2C)c1. The van der Waals surface area contributed by atoms with Crippen molar-refractivity contribution < 1.29 is 9.53 Å². The Morgan fingerprint density at radius 2 is 1.82 bits per heavy atom. The summed E-state index contributed by atoms with van der Waals surface area (Å²) in [4.78, 5) is 12.0. The molecule has 2 rings (SSSR count). The number of nitrogens with one attached hydrogen (secondary N) is 1. The Morgan fingerprint density at radius 3 is 2.59 bits per heavy atom. The van der Waals surface area contributed by atoms with Crippen LogP contribution < -0.4 is 10.1 Å². The van der Waals surface area contributed by atoms with E-state index in [1.165, 1.54) is 5.56 Å². The number of hydrogen-bond acceptors (Lipinski definition) is 2. The van der Waals surface area contributed by atoms with Crippen LogP contribution in [0.25, 0.3) is 0 Å². The van der Waals surface area contributed by atoms with E-state index in [4.69, 9.17) is 4.74 Å². The Bertz CT molecular complexity index is 650. The van der Waals surface area contributed by atoms with Gasteiger partial charge in [-0.15, -0.1) is 0 Å². The van der Waals surface area contributed by atoms with Gasteiger partial charge in [-0.3, -0.25) is 4.79 Å². The zero-order valence-electron chi connectivity index (χ0n) is 13.5. The maximum absolute atomic E-state index is 12.0. The minimum Gasteiger partial charge on any atom is -0.491 e. The van der Waals surface area contributed by atoms with Crippen LogP contribution >= 0.6 is 0 Å². The van der Waals surface area contributed by atoms with Crippen LogP contribution in [0.4, 0.5) is 0 Å². The van der Waals surface area contributed by atoms with Crippen LogP contribution in [-0.4, -0.2) is 19.1 Å². The molecule has 0 atom stereocenters. The van der Waals surface area contributed by atoms with E-state index in [9.17, 15) is 4.79 Å². The van der Waals surface area contributed by atoms with Gasteiger partial charge >= 0.3 is 0 Å². The first kappa shape index (κ1) is 16.1. The molecule has 0 spiro atoms. The number of rotatable bonds is 6. The topological polar surface area (TPSA) is 38.3 Å². The monoisotopic (exact) mass is 297 g/mol. The van der Waals surface area contributed by atoms with Crippen molar-refractivity contribution in [3.8, 4) is 5.75 Å². The average molecular weight is 297 g/mol. The highest BCUT2D eigenvalue weighted by Crippen LogP contribution is 2.15. The van der Waals surface area contributed by atoms with E-state index in [0.29, 0.717) is 19.6 Å². The van der Waals surface area contributed by atoms with Gasteiger partial charge in [0.25, 0.3) is 0 Å². The van der Waals surface area contributed by atoms with Crippen molar-refractivity contribution in [1.29, 1.82) is 0 Å². The summed E-state index contributed by atoms with van der Waals surface area (Å²) in [6, 6.07) is 14.1. The van der Waals surface area contributed by atoms with Crippen LogP contribution in [0, 0.1) is 20.8 Å². The molecule has 0 bridgehead atoms. The average Bonchev–Trinajstić information content (AvgIpc) is 2.49. The third kappa shape index (κ3) is 4.62. The minimum atomic E-state index is 0.0297. The van der Waals surface area contributed by atoms with Crippen molar-refractivity contribution in [2.24, 2.45) is 0 Å². The molecule has 0 radical (unpaired) electrons. The largest absolute Gasteiger partial charge is 0.491 e. The third-order valence-corrected chi connectivity index (χ3v) is 3.63.